The van der Waals surface area contributed by atoms with E-state index in [1.807, 2.05) is 12.1 Å². The molecule has 0 aliphatic heterocycles. The third kappa shape index (κ3) is 3.43. The molecule has 0 bridgehead atoms. The average Bonchev–Trinajstić information content (AvgIpc) is 3.22. The van der Waals surface area contributed by atoms with Crippen LogP contribution in [0.5, 0.6) is 0 Å². The van der Waals surface area contributed by atoms with Gasteiger partial charge in [-0.15, -0.1) is 0 Å². The van der Waals surface area contributed by atoms with Gasteiger partial charge in [0.1, 0.15) is 0 Å². The normalized spacial score (nSPS) is 24.1. The summed E-state index contributed by atoms with van der Waals surface area (Å²) >= 11 is 0. The van der Waals surface area contributed by atoms with Gasteiger partial charge in [-0.3, -0.25) is 0 Å². The number of rotatable bonds is 3. The second-order valence-electron chi connectivity index (χ2n) is 8.34. The van der Waals surface area contributed by atoms with E-state index in [1.165, 1.54) is 56.9 Å². The largest absolute Gasteiger partial charge is 0.203 e. The maximum Gasteiger partial charge on any atom is 0.166 e. The molecule has 2 aliphatic rings. The molecule has 2 aliphatic carbocycles. The molecule has 0 unspecified atom stereocenters. The maximum absolute atomic E-state index is 14.2. The van der Waals surface area contributed by atoms with E-state index in [2.05, 4.69) is 12.1 Å². The highest BCUT2D eigenvalue weighted by Gasteiger charge is 2.29. The third-order valence-corrected chi connectivity index (χ3v) is 6.81. The molecule has 2 aromatic rings. The van der Waals surface area contributed by atoms with Crippen LogP contribution in [0.1, 0.15) is 69.8 Å². The van der Waals surface area contributed by atoms with E-state index in [4.69, 9.17) is 0 Å². The molecule has 0 radical (unpaired) electrons. The van der Waals surface area contributed by atoms with Gasteiger partial charge in [0.25, 0.3) is 0 Å². The first-order valence-corrected chi connectivity index (χ1v) is 10.2. The number of hydrogen-bond acceptors (Lipinski definition) is 0. The van der Waals surface area contributed by atoms with Gasteiger partial charge in [-0.2, -0.15) is 0 Å². The van der Waals surface area contributed by atoms with Gasteiger partial charge in [-0.05, 0) is 67.1 Å². The van der Waals surface area contributed by atoms with E-state index in [0.717, 1.165) is 17.4 Å². The Kier molecular flexibility index (Phi) is 5.11. The summed E-state index contributed by atoms with van der Waals surface area (Å²) in [4.78, 5) is 0. The van der Waals surface area contributed by atoms with Crippen molar-refractivity contribution in [3.8, 4) is 11.1 Å². The van der Waals surface area contributed by atoms with E-state index < -0.39 is 11.6 Å². The van der Waals surface area contributed by atoms with E-state index >= 15 is 0 Å². The molecule has 0 aromatic heterocycles. The molecule has 0 heterocycles. The molecule has 0 N–H and O–H groups in total. The minimum Gasteiger partial charge on any atom is -0.203 e. The lowest BCUT2D eigenvalue weighted by molar-refractivity contribution is 0.235. The van der Waals surface area contributed by atoms with Crippen LogP contribution in [0.15, 0.2) is 36.4 Å². The predicted octanol–water partition coefficient (Wildman–Crippen LogP) is 7.65. The summed E-state index contributed by atoms with van der Waals surface area (Å²) in [6, 6.07) is 11.5. The Bertz CT molecular complexity index is 755. The van der Waals surface area contributed by atoms with Crippen molar-refractivity contribution in [2.45, 2.75) is 64.2 Å². The quantitative estimate of drug-likeness (QED) is 0.530. The maximum atomic E-state index is 14.2. The summed E-state index contributed by atoms with van der Waals surface area (Å²) in [6.45, 7) is 1.59. The first-order valence-electron chi connectivity index (χ1n) is 10.2. The number of hydrogen-bond donors (Lipinski definition) is 0. The summed E-state index contributed by atoms with van der Waals surface area (Å²) in [5.41, 5.74) is 2.81. The van der Waals surface area contributed by atoms with Crippen LogP contribution in [0.25, 0.3) is 11.1 Å². The van der Waals surface area contributed by atoms with Gasteiger partial charge in [0.2, 0.25) is 0 Å². The Labute approximate surface area is 157 Å². The summed E-state index contributed by atoms with van der Waals surface area (Å²) in [5.74, 6) is 1.07. The molecule has 140 valence electrons. The van der Waals surface area contributed by atoms with E-state index in [1.54, 1.807) is 19.1 Å². The van der Waals surface area contributed by atoms with Crippen molar-refractivity contribution in [1.82, 2.24) is 0 Å². The Morgan fingerprint density at radius 1 is 0.731 bits per heavy atom. The zero-order valence-corrected chi connectivity index (χ0v) is 15.6. The van der Waals surface area contributed by atoms with Gasteiger partial charge >= 0.3 is 0 Å². The van der Waals surface area contributed by atoms with Crippen molar-refractivity contribution in [2.75, 3.05) is 0 Å². The molecule has 2 aromatic carbocycles. The average molecular weight is 356 g/mol. The Morgan fingerprint density at radius 3 is 2.00 bits per heavy atom. The van der Waals surface area contributed by atoms with Crippen LogP contribution in [0.3, 0.4) is 0 Å². The van der Waals surface area contributed by atoms with Crippen molar-refractivity contribution >= 4 is 0 Å². The Hall–Kier alpha value is -1.70. The summed E-state index contributed by atoms with van der Waals surface area (Å²) < 4.78 is 28.1. The highest BCUT2D eigenvalue weighted by atomic mass is 19.2. The van der Waals surface area contributed by atoms with Crippen molar-refractivity contribution in [3.05, 3.63) is 59.2 Å². The van der Waals surface area contributed by atoms with Crippen LogP contribution in [0, 0.1) is 30.4 Å². The van der Waals surface area contributed by atoms with Crippen LogP contribution in [0.2, 0.25) is 0 Å². The number of halogens is 2. The van der Waals surface area contributed by atoms with Crippen LogP contribution < -0.4 is 0 Å². The van der Waals surface area contributed by atoms with Gasteiger partial charge < -0.3 is 0 Å². The minimum atomic E-state index is -0.741. The molecular formula is C24H30F2. The highest BCUT2D eigenvalue weighted by Crippen LogP contribution is 2.43. The molecular weight excluding hydrogens is 326 g/mol. The van der Waals surface area contributed by atoms with Gasteiger partial charge in [-0.1, -0.05) is 62.1 Å². The van der Waals surface area contributed by atoms with Gasteiger partial charge in [0, 0.05) is 6.99 Å². The lowest BCUT2D eigenvalue weighted by Gasteiger charge is -2.32. The molecule has 0 amide bonds. The zero-order valence-electron chi connectivity index (χ0n) is 15.6. The van der Waals surface area contributed by atoms with Gasteiger partial charge in [0.05, 0.1) is 0 Å². The second-order valence-corrected chi connectivity index (χ2v) is 8.34. The lowest BCUT2D eigenvalue weighted by Crippen LogP contribution is -2.19. The SMILES string of the molecule is Cc1ccc(-c2ccc(C3CCC(C4CCCC4)CC3)cc2)c(F)c1F.[HH]. The summed E-state index contributed by atoms with van der Waals surface area (Å²) in [5, 5.41) is 0. The molecule has 0 nitrogen and oxygen atoms in total. The fraction of sp³-hybridized carbons (Fsp3) is 0.500. The van der Waals surface area contributed by atoms with E-state index in [-0.39, 0.29) is 1.43 Å². The number of aryl methyl sites for hydroxylation is 1. The van der Waals surface area contributed by atoms with Crippen LogP contribution >= 0.6 is 0 Å². The smallest absolute Gasteiger partial charge is 0.166 e. The summed E-state index contributed by atoms with van der Waals surface area (Å²) in [6.07, 6.45) is 11.0. The molecule has 4 rings (SSSR count). The van der Waals surface area contributed by atoms with Crippen molar-refractivity contribution < 1.29 is 10.2 Å². The topological polar surface area (TPSA) is 0 Å². The van der Waals surface area contributed by atoms with Crippen molar-refractivity contribution in [2.24, 2.45) is 11.8 Å². The Balaban J connectivity index is 0.00000210. The second kappa shape index (κ2) is 7.50. The van der Waals surface area contributed by atoms with Crippen molar-refractivity contribution in [1.29, 1.82) is 0 Å². The van der Waals surface area contributed by atoms with E-state index in [9.17, 15) is 8.78 Å². The molecule has 0 atom stereocenters. The van der Waals surface area contributed by atoms with Crippen molar-refractivity contribution in [3.63, 3.8) is 0 Å². The summed E-state index contributed by atoms with van der Waals surface area (Å²) in [7, 11) is 0. The Morgan fingerprint density at radius 2 is 1.35 bits per heavy atom. The zero-order chi connectivity index (χ0) is 18.1. The molecule has 2 saturated carbocycles. The number of benzene rings is 2. The molecule has 2 fully saturated rings. The van der Waals surface area contributed by atoms with Crippen LogP contribution in [0.4, 0.5) is 8.78 Å². The van der Waals surface area contributed by atoms with Gasteiger partial charge in [0.15, 0.2) is 11.6 Å². The molecule has 0 saturated heterocycles. The first-order chi connectivity index (χ1) is 12.6. The van der Waals surface area contributed by atoms with Crippen LogP contribution in [-0.2, 0) is 0 Å². The van der Waals surface area contributed by atoms with E-state index in [0.29, 0.717) is 17.0 Å². The fourth-order valence-corrected chi connectivity index (χ4v) is 5.16. The monoisotopic (exact) mass is 356 g/mol. The van der Waals surface area contributed by atoms with Gasteiger partial charge in [-0.25, -0.2) is 8.78 Å². The molecule has 2 heteroatoms. The predicted molar refractivity (Wildman–Crippen MR) is 105 cm³/mol. The third-order valence-electron chi connectivity index (χ3n) is 6.81. The molecule has 26 heavy (non-hydrogen) atoms. The lowest BCUT2D eigenvalue weighted by atomic mass is 9.73. The fourth-order valence-electron chi connectivity index (χ4n) is 5.16. The standard InChI is InChI=1S/C24H28F2.H2/c1-16-6-15-22(24(26)23(16)25)21-13-11-20(12-14-21)19-9-7-18(8-10-19)17-4-2-3-5-17;/h6,11-15,17-19H,2-5,7-10H2,1H3;1H. The van der Waals surface area contributed by atoms with Crippen LogP contribution in [-0.4, -0.2) is 0 Å². The highest BCUT2D eigenvalue weighted by molar-refractivity contribution is 5.65. The minimum absolute atomic E-state index is 0. The first kappa shape index (κ1) is 17.7. The molecule has 0 spiro atoms.